The number of thioether (sulfide) groups is 1. The van der Waals surface area contributed by atoms with Crippen LogP contribution in [0.5, 0.6) is 0 Å². The first-order valence-electron chi connectivity index (χ1n) is 9.32. The van der Waals surface area contributed by atoms with E-state index in [-0.39, 0.29) is 16.7 Å². The van der Waals surface area contributed by atoms with E-state index in [0.29, 0.717) is 16.7 Å². The Kier molecular flexibility index (Phi) is 6.29. The molecule has 0 aliphatic carbocycles. The van der Waals surface area contributed by atoms with Gasteiger partial charge in [-0.25, -0.2) is 4.39 Å². The van der Waals surface area contributed by atoms with Crippen LogP contribution in [-0.2, 0) is 4.79 Å². The number of nitrogens with one attached hydrogen (secondary N) is 1. The van der Waals surface area contributed by atoms with Crippen LogP contribution in [0.1, 0.15) is 5.56 Å². The first-order chi connectivity index (χ1) is 15.0. The second-order valence-corrected chi connectivity index (χ2v) is 8.03. The second kappa shape index (κ2) is 9.28. The van der Waals surface area contributed by atoms with Crippen LogP contribution in [0.3, 0.4) is 0 Å². The third-order valence-electron chi connectivity index (χ3n) is 4.37. The molecule has 0 saturated heterocycles. The molecule has 31 heavy (non-hydrogen) atoms. The van der Waals surface area contributed by atoms with Crippen LogP contribution in [0.4, 0.5) is 10.1 Å². The van der Waals surface area contributed by atoms with E-state index < -0.39 is 5.82 Å². The molecular weight excluding hydrogens is 437 g/mol. The molecule has 0 bridgehead atoms. The van der Waals surface area contributed by atoms with Crippen molar-refractivity contribution in [2.45, 2.75) is 12.1 Å². The molecule has 0 unspecified atom stereocenters. The SMILES string of the molecule is Cc1cccc(-n2c(SCC(=O)Nc3ccc(F)c(Cl)c3)nnc2-c2ccncc2)c1. The Hall–Kier alpha value is -3.23. The van der Waals surface area contributed by atoms with Gasteiger partial charge in [0.05, 0.1) is 10.8 Å². The third kappa shape index (κ3) is 4.92. The van der Waals surface area contributed by atoms with Crippen LogP contribution in [-0.4, -0.2) is 31.4 Å². The summed E-state index contributed by atoms with van der Waals surface area (Å²) in [5.74, 6) is -0.0583. The van der Waals surface area contributed by atoms with Crippen LogP contribution in [0.25, 0.3) is 17.1 Å². The second-order valence-electron chi connectivity index (χ2n) is 6.68. The third-order valence-corrected chi connectivity index (χ3v) is 5.59. The molecule has 0 aliphatic heterocycles. The minimum atomic E-state index is -0.538. The number of pyridine rings is 1. The molecule has 1 amide bonds. The molecule has 9 heteroatoms. The fourth-order valence-electron chi connectivity index (χ4n) is 2.95. The molecule has 2 aromatic heterocycles. The summed E-state index contributed by atoms with van der Waals surface area (Å²) >= 11 is 7.03. The number of hydrogen-bond donors (Lipinski definition) is 1. The summed E-state index contributed by atoms with van der Waals surface area (Å²) in [5.41, 5.74) is 3.27. The van der Waals surface area contributed by atoms with Gasteiger partial charge in [0.25, 0.3) is 0 Å². The van der Waals surface area contributed by atoms with Crippen molar-refractivity contribution >= 4 is 35.0 Å². The molecule has 156 valence electrons. The van der Waals surface area contributed by atoms with Crippen molar-refractivity contribution in [1.82, 2.24) is 19.7 Å². The number of nitrogens with zero attached hydrogens (tertiary/aromatic N) is 4. The smallest absolute Gasteiger partial charge is 0.234 e. The van der Waals surface area contributed by atoms with Crippen LogP contribution >= 0.6 is 23.4 Å². The molecule has 0 aliphatic rings. The van der Waals surface area contributed by atoms with Crippen LogP contribution < -0.4 is 5.32 Å². The Morgan fingerprint density at radius 3 is 2.68 bits per heavy atom. The monoisotopic (exact) mass is 453 g/mol. The van der Waals surface area contributed by atoms with Gasteiger partial charge < -0.3 is 5.32 Å². The summed E-state index contributed by atoms with van der Waals surface area (Å²) in [6.45, 7) is 2.01. The minimum Gasteiger partial charge on any atom is -0.325 e. The van der Waals surface area contributed by atoms with Crippen molar-refractivity contribution in [3.63, 3.8) is 0 Å². The number of rotatable bonds is 6. The van der Waals surface area contributed by atoms with Gasteiger partial charge in [0.2, 0.25) is 5.91 Å². The summed E-state index contributed by atoms with van der Waals surface area (Å²) < 4.78 is 15.2. The Bertz CT molecular complexity index is 1230. The number of carbonyl (C=O) groups is 1. The molecule has 0 radical (unpaired) electrons. The Balaban J connectivity index is 1.58. The highest BCUT2D eigenvalue weighted by atomic mass is 35.5. The number of hydrogen-bond acceptors (Lipinski definition) is 5. The Morgan fingerprint density at radius 2 is 1.94 bits per heavy atom. The van der Waals surface area contributed by atoms with Gasteiger partial charge in [-0.2, -0.15) is 0 Å². The van der Waals surface area contributed by atoms with Gasteiger partial charge in [-0.15, -0.1) is 10.2 Å². The summed E-state index contributed by atoms with van der Waals surface area (Å²) in [6, 6.07) is 15.7. The van der Waals surface area contributed by atoms with Crippen molar-refractivity contribution in [1.29, 1.82) is 0 Å². The molecule has 0 atom stereocenters. The van der Waals surface area contributed by atoms with E-state index in [1.165, 1.54) is 30.0 Å². The lowest BCUT2D eigenvalue weighted by Crippen LogP contribution is -2.14. The quantitative estimate of drug-likeness (QED) is 0.408. The summed E-state index contributed by atoms with van der Waals surface area (Å²) in [5, 5.41) is 11.9. The van der Waals surface area contributed by atoms with Crippen molar-refractivity contribution in [3.05, 3.63) is 83.4 Å². The van der Waals surface area contributed by atoms with Crippen molar-refractivity contribution in [3.8, 4) is 17.1 Å². The zero-order chi connectivity index (χ0) is 21.8. The zero-order valence-electron chi connectivity index (χ0n) is 16.4. The number of carbonyl (C=O) groups excluding carboxylic acids is 1. The largest absolute Gasteiger partial charge is 0.325 e. The first kappa shape index (κ1) is 21.0. The van der Waals surface area contributed by atoms with E-state index in [0.717, 1.165) is 16.8 Å². The minimum absolute atomic E-state index is 0.0494. The van der Waals surface area contributed by atoms with E-state index >= 15 is 0 Å². The van der Waals surface area contributed by atoms with Gasteiger partial charge in [0.15, 0.2) is 11.0 Å². The van der Waals surface area contributed by atoms with Crippen LogP contribution in [0.15, 0.2) is 72.1 Å². The fraction of sp³-hybridized carbons (Fsp3) is 0.0909. The lowest BCUT2D eigenvalue weighted by molar-refractivity contribution is -0.113. The van der Waals surface area contributed by atoms with E-state index in [9.17, 15) is 9.18 Å². The zero-order valence-corrected chi connectivity index (χ0v) is 18.0. The van der Waals surface area contributed by atoms with Crippen molar-refractivity contribution < 1.29 is 9.18 Å². The van der Waals surface area contributed by atoms with E-state index in [2.05, 4.69) is 20.5 Å². The lowest BCUT2D eigenvalue weighted by atomic mass is 10.2. The van der Waals surface area contributed by atoms with Gasteiger partial charge >= 0.3 is 0 Å². The molecule has 0 fully saturated rings. The van der Waals surface area contributed by atoms with Gasteiger partial charge in [0, 0.05) is 29.3 Å². The fourth-order valence-corrected chi connectivity index (χ4v) is 3.88. The summed E-state index contributed by atoms with van der Waals surface area (Å²) in [7, 11) is 0. The molecule has 4 rings (SSSR count). The molecule has 0 saturated carbocycles. The topological polar surface area (TPSA) is 72.7 Å². The number of aromatic nitrogens is 4. The van der Waals surface area contributed by atoms with Crippen molar-refractivity contribution in [2.75, 3.05) is 11.1 Å². The molecule has 2 aromatic carbocycles. The maximum Gasteiger partial charge on any atom is 0.234 e. The average molecular weight is 454 g/mol. The molecule has 4 aromatic rings. The lowest BCUT2D eigenvalue weighted by Gasteiger charge is -2.11. The highest BCUT2D eigenvalue weighted by Crippen LogP contribution is 2.28. The van der Waals surface area contributed by atoms with Gasteiger partial charge in [0.1, 0.15) is 5.82 Å². The normalized spacial score (nSPS) is 10.8. The number of benzene rings is 2. The van der Waals surface area contributed by atoms with E-state index in [1.54, 1.807) is 12.4 Å². The molecule has 6 nitrogen and oxygen atoms in total. The molecule has 2 heterocycles. The number of halogens is 2. The van der Waals surface area contributed by atoms with E-state index in [4.69, 9.17) is 11.6 Å². The molecule has 1 N–H and O–H groups in total. The van der Waals surface area contributed by atoms with Gasteiger partial charge in [-0.3, -0.25) is 14.3 Å². The highest BCUT2D eigenvalue weighted by Gasteiger charge is 2.17. The Labute approximate surface area is 187 Å². The number of amides is 1. The number of aryl methyl sites for hydroxylation is 1. The maximum absolute atomic E-state index is 13.3. The van der Waals surface area contributed by atoms with Crippen molar-refractivity contribution in [2.24, 2.45) is 0 Å². The highest BCUT2D eigenvalue weighted by molar-refractivity contribution is 7.99. The summed E-state index contributed by atoms with van der Waals surface area (Å²) in [4.78, 5) is 16.5. The van der Waals surface area contributed by atoms with Crippen LogP contribution in [0.2, 0.25) is 5.02 Å². The van der Waals surface area contributed by atoms with E-state index in [1.807, 2.05) is 47.9 Å². The standard InChI is InChI=1S/C22H17ClFN5OS/c1-14-3-2-4-17(11-14)29-21(15-7-9-25-10-8-15)27-28-22(29)31-13-20(30)26-16-5-6-19(24)18(23)12-16/h2-12H,13H2,1H3,(H,26,30). The predicted molar refractivity (Wildman–Crippen MR) is 120 cm³/mol. The van der Waals surface area contributed by atoms with Gasteiger partial charge in [-0.05, 0) is 55.0 Å². The number of anilines is 1. The maximum atomic E-state index is 13.3. The average Bonchev–Trinajstić information content (AvgIpc) is 3.19. The summed E-state index contributed by atoms with van der Waals surface area (Å²) in [6.07, 6.45) is 3.39. The Morgan fingerprint density at radius 1 is 1.13 bits per heavy atom. The molecule has 0 spiro atoms. The predicted octanol–water partition coefficient (Wildman–Crippen LogP) is 5.16. The first-order valence-corrected chi connectivity index (χ1v) is 10.7. The van der Waals surface area contributed by atoms with Crippen LogP contribution in [0, 0.1) is 12.7 Å². The molecular formula is C22H17ClFN5OS. The van der Waals surface area contributed by atoms with Gasteiger partial charge in [-0.1, -0.05) is 35.5 Å².